The summed E-state index contributed by atoms with van der Waals surface area (Å²) in [5, 5.41) is 0. The molecule has 0 aliphatic heterocycles. The standard InChI is InChI=1S/C23H27/c1-5-7-17(4)21-14-20-8-6-9-22(23(20)15-21)19-12-10-18(11-13-19)16(2)3/h6,8-17H,5,7H2,1-4H3. The molecule has 1 unspecified atom stereocenters. The second-order valence-corrected chi connectivity index (χ2v) is 7.06. The number of fused-ring (bicyclic) bond motifs is 1. The average Bonchev–Trinajstić information content (AvgIpc) is 2.99. The molecular weight excluding hydrogens is 276 g/mol. The van der Waals surface area contributed by atoms with Crippen LogP contribution in [-0.4, -0.2) is 0 Å². The van der Waals surface area contributed by atoms with Gasteiger partial charge in [0.15, 0.2) is 0 Å². The highest BCUT2D eigenvalue weighted by Crippen LogP contribution is 2.38. The van der Waals surface area contributed by atoms with E-state index in [0.29, 0.717) is 11.8 Å². The summed E-state index contributed by atoms with van der Waals surface area (Å²) in [6.07, 6.45) is 7.28. The molecule has 1 aliphatic carbocycles. The summed E-state index contributed by atoms with van der Waals surface area (Å²) in [5.41, 5.74) is 8.32. The van der Waals surface area contributed by atoms with Crippen LogP contribution in [0.25, 0.3) is 17.2 Å². The third kappa shape index (κ3) is 3.27. The first-order valence-electron chi connectivity index (χ1n) is 8.89. The van der Waals surface area contributed by atoms with Gasteiger partial charge in [-0.25, -0.2) is 0 Å². The molecule has 0 fully saturated rings. The second kappa shape index (κ2) is 6.74. The minimum atomic E-state index is 0.584. The molecule has 2 aromatic rings. The Hall–Kier alpha value is -1.82. The minimum Gasteiger partial charge on any atom is -0.0654 e. The van der Waals surface area contributed by atoms with Crippen LogP contribution in [0.4, 0.5) is 0 Å². The Morgan fingerprint density at radius 3 is 2.30 bits per heavy atom. The van der Waals surface area contributed by atoms with Gasteiger partial charge in [-0.3, -0.25) is 0 Å². The van der Waals surface area contributed by atoms with Crippen molar-refractivity contribution in [1.29, 1.82) is 0 Å². The Bertz CT molecular complexity index is 701. The fourth-order valence-corrected chi connectivity index (χ4v) is 3.44. The van der Waals surface area contributed by atoms with Gasteiger partial charge in [0.05, 0.1) is 0 Å². The number of rotatable bonds is 5. The molecule has 1 radical (unpaired) electrons. The molecule has 0 N–H and O–H groups in total. The van der Waals surface area contributed by atoms with E-state index in [9.17, 15) is 0 Å². The Labute approximate surface area is 141 Å². The molecule has 0 amide bonds. The Morgan fingerprint density at radius 1 is 0.913 bits per heavy atom. The van der Waals surface area contributed by atoms with Crippen molar-refractivity contribution in [3.05, 3.63) is 71.1 Å². The first kappa shape index (κ1) is 16.1. The predicted octanol–water partition coefficient (Wildman–Crippen LogP) is 6.86. The topological polar surface area (TPSA) is 0 Å². The Kier molecular flexibility index (Phi) is 4.71. The van der Waals surface area contributed by atoms with Crippen LogP contribution >= 0.6 is 0 Å². The second-order valence-electron chi connectivity index (χ2n) is 7.06. The molecule has 119 valence electrons. The lowest BCUT2D eigenvalue weighted by atomic mass is 9.94. The van der Waals surface area contributed by atoms with Gasteiger partial charge in [-0.1, -0.05) is 88.2 Å². The van der Waals surface area contributed by atoms with Crippen LogP contribution in [0.5, 0.6) is 0 Å². The van der Waals surface area contributed by atoms with E-state index in [1.54, 1.807) is 0 Å². The SMILES string of the molecule is CCCC(C)C1=Cc2c(cccc2-c2ccc(C(C)C)cc2)[CH]1. The van der Waals surface area contributed by atoms with Crippen LogP contribution in [0.15, 0.2) is 48.0 Å². The van der Waals surface area contributed by atoms with Crippen molar-refractivity contribution in [3.8, 4) is 11.1 Å². The molecule has 0 heteroatoms. The monoisotopic (exact) mass is 303 g/mol. The first-order chi connectivity index (χ1) is 11.1. The van der Waals surface area contributed by atoms with Crippen molar-refractivity contribution >= 4 is 6.08 Å². The van der Waals surface area contributed by atoms with Crippen molar-refractivity contribution in [1.82, 2.24) is 0 Å². The van der Waals surface area contributed by atoms with Crippen LogP contribution in [0.2, 0.25) is 0 Å². The van der Waals surface area contributed by atoms with E-state index in [2.05, 4.69) is 82.7 Å². The summed E-state index contributed by atoms with van der Waals surface area (Å²) in [6, 6.07) is 15.7. The predicted molar refractivity (Wildman–Crippen MR) is 101 cm³/mol. The molecule has 0 aromatic heterocycles. The Morgan fingerprint density at radius 2 is 1.65 bits per heavy atom. The molecule has 0 nitrogen and oxygen atoms in total. The molecule has 2 aromatic carbocycles. The van der Waals surface area contributed by atoms with E-state index < -0.39 is 0 Å². The van der Waals surface area contributed by atoms with Crippen LogP contribution < -0.4 is 0 Å². The van der Waals surface area contributed by atoms with Gasteiger partial charge >= 0.3 is 0 Å². The smallest absolute Gasteiger partial charge is 0.0167 e. The van der Waals surface area contributed by atoms with Gasteiger partial charge in [0.25, 0.3) is 0 Å². The molecule has 0 bridgehead atoms. The fraction of sp³-hybridized carbons (Fsp3) is 0.348. The van der Waals surface area contributed by atoms with E-state index in [4.69, 9.17) is 0 Å². The maximum Gasteiger partial charge on any atom is 0.0167 e. The molecule has 0 saturated carbocycles. The normalized spacial score (nSPS) is 14.7. The lowest BCUT2D eigenvalue weighted by Gasteiger charge is -2.10. The van der Waals surface area contributed by atoms with Crippen LogP contribution in [0.1, 0.15) is 63.1 Å². The highest BCUT2D eigenvalue weighted by molar-refractivity contribution is 5.83. The van der Waals surface area contributed by atoms with Gasteiger partial charge in [-0.2, -0.15) is 0 Å². The summed E-state index contributed by atoms with van der Waals surface area (Å²) in [6.45, 7) is 9.10. The van der Waals surface area contributed by atoms with Gasteiger partial charge in [0, 0.05) is 6.42 Å². The first-order valence-corrected chi connectivity index (χ1v) is 8.89. The number of allylic oxidation sites excluding steroid dienone is 1. The van der Waals surface area contributed by atoms with Gasteiger partial charge in [-0.15, -0.1) is 0 Å². The van der Waals surface area contributed by atoms with Crippen molar-refractivity contribution in [2.24, 2.45) is 5.92 Å². The number of hydrogen-bond acceptors (Lipinski definition) is 0. The van der Waals surface area contributed by atoms with Crippen LogP contribution in [0.3, 0.4) is 0 Å². The van der Waals surface area contributed by atoms with E-state index in [0.717, 1.165) is 0 Å². The van der Waals surface area contributed by atoms with Gasteiger partial charge in [0.1, 0.15) is 0 Å². The summed E-state index contributed by atoms with van der Waals surface area (Å²) < 4.78 is 0. The Balaban J connectivity index is 1.95. The summed E-state index contributed by atoms with van der Waals surface area (Å²) in [5.74, 6) is 1.23. The molecule has 3 rings (SSSR count). The highest BCUT2D eigenvalue weighted by atomic mass is 14.2. The van der Waals surface area contributed by atoms with Gasteiger partial charge < -0.3 is 0 Å². The molecule has 23 heavy (non-hydrogen) atoms. The third-order valence-electron chi connectivity index (χ3n) is 4.95. The van der Waals surface area contributed by atoms with Gasteiger partial charge in [-0.05, 0) is 46.1 Å². The zero-order chi connectivity index (χ0) is 16.4. The summed E-state index contributed by atoms with van der Waals surface area (Å²) in [7, 11) is 0. The number of benzene rings is 2. The van der Waals surface area contributed by atoms with Gasteiger partial charge in [0.2, 0.25) is 0 Å². The van der Waals surface area contributed by atoms with Crippen molar-refractivity contribution in [3.63, 3.8) is 0 Å². The highest BCUT2D eigenvalue weighted by Gasteiger charge is 2.20. The molecule has 0 saturated heterocycles. The van der Waals surface area contributed by atoms with Crippen LogP contribution in [0, 0.1) is 12.3 Å². The lowest BCUT2D eigenvalue weighted by molar-refractivity contribution is 0.612. The maximum absolute atomic E-state index is 2.40. The molecular formula is C23H27. The zero-order valence-corrected chi connectivity index (χ0v) is 14.8. The van der Waals surface area contributed by atoms with Crippen molar-refractivity contribution in [2.75, 3.05) is 0 Å². The lowest BCUT2D eigenvalue weighted by Crippen LogP contribution is -1.96. The quantitative estimate of drug-likeness (QED) is 0.566. The molecule has 0 heterocycles. The van der Waals surface area contributed by atoms with E-state index >= 15 is 0 Å². The largest absolute Gasteiger partial charge is 0.0654 e. The van der Waals surface area contributed by atoms with E-state index in [1.165, 1.54) is 46.2 Å². The molecule has 1 aliphatic rings. The maximum atomic E-state index is 2.40. The average molecular weight is 303 g/mol. The van der Waals surface area contributed by atoms with E-state index in [-0.39, 0.29) is 0 Å². The van der Waals surface area contributed by atoms with Crippen molar-refractivity contribution in [2.45, 2.75) is 46.5 Å². The van der Waals surface area contributed by atoms with E-state index in [1.807, 2.05) is 0 Å². The minimum absolute atomic E-state index is 0.584. The fourth-order valence-electron chi connectivity index (χ4n) is 3.44. The summed E-state index contributed by atoms with van der Waals surface area (Å²) in [4.78, 5) is 0. The van der Waals surface area contributed by atoms with Crippen molar-refractivity contribution < 1.29 is 0 Å². The molecule has 0 spiro atoms. The van der Waals surface area contributed by atoms with Crippen LogP contribution in [-0.2, 0) is 0 Å². The summed E-state index contributed by atoms with van der Waals surface area (Å²) >= 11 is 0. The zero-order valence-electron chi connectivity index (χ0n) is 14.8. The number of hydrogen-bond donors (Lipinski definition) is 0. The third-order valence-corrected chi connectivity index (χ3v) is 4.95. The molecule has 1 atom stereocenters.